The summed E-state index contributed by atoms with van der Waals surface area (Å²) in [5, 5.41) is 0. The van der Waals surface area contributed by atoms with Gasteiger partial charge in [-0.15, -0.1) is 0 Å². The number of pyridine rings is 1. The number of rotatable bonds is 6. The lowest BCUT2D eigenvalue weighted by Gasteiger charge is -2.08. The number of hydrogen-bond acceptors (Lipinski definition) is 5. The van der Waals surface area contributed by atoms with Gasteiger partial charge in [0.25, 0.3) is 0 Å². The lowest BCUT2D eigenvalue weighted by molar-refractivity contribution is -0.141. The Bertz CT molecular complexity index is 319. The summed E-state index contributed by atoms with van der Waals surface area (Å²) in [5.41, 5.74) is 6.65. The van der Waals surface area contributed by atoms with Crippen LogP contribution >= 0.6 is 11.8 Å². The fourth-order valence-electron chi connectivity index (χ4n) is 1.15. The van der Waals surface area contributed by atoms with Gasteiger partial charge in [0.15, 0.2) is 0 Å². The second-order valence-corrected chi connectivity index (χ2v) is 4.43. The van der Waals surface area contributed by atoms with Crippen LogP contribution in [0.15, 0.2) is 24.4 Å². The van der Waals surface area contributed by atoms with Gasteiger partial charge in [0.1, 0.15) is 6.04 Å². The Morgan fingerprint density at radius 3 is 3.06 bits per heavy atom. The molecular weight excluding hydrogens is 224 g/mol. The van der Waals surface area contributed by atoms with Crippen molar-refractivity contribution in [2.24, 2.45) is 5.73 Å². The van der Waals surface area contributed by atoms with Crippen LogP contribution in [0, 0.1) is 0 Å². The number of aryl methyl sites for hydroxylation is 1. The van der Waals surface area contributed by atoms with E-state index in [1.807, 2.05) is 18.2 Å². The van der Waals surface area contributed by atoms with Crippen LogP contribution in [0.25, 0.3) is 0 Å². The Morgan fingerprint density at radius 1 is 1.62 bits per heavy atom. The van der Waals surface area contributed by atoms with E-state index in [4.69, 9.17) is 5.73 Å². The molecule has 1 atom stereocenters. The Kier molecular flexibility index (Phi) is 5.88. The molecule has 4 nitrogen and oxygen atoms in total. The lowest BCUT2D eigenvalue weighted by Crippen LogP contribution is -2.34. The standard InChI is InChI=1S/C11H16N2O2S/c1-15-11(14)10(12)8-16-7-5-9-4-2-3-6-13-9/h2-4,6,10H,5,7-8,12H2,1H3. The van der Waals surface area contributed by atoms with E-state index >= 15 is 0 Å². The molecule has 0 aliphatic rings. The topological polar surface area (TPSA) is 65.2 Å². The highest BCUT2D eigenvalue weighted by atomic mass is 32.2. The summed E-state index contributed by atoms with van der Waals surface area (Å²) in [6.45, 7) is 0. The van der Waals surface area contributed by atoms with Crippen molar-refractivity contribution in [2.75, 3.05) is 18.6 Å². The van der Waals surface area contributed by atoms with Gasteiger partial charge in [-0.3, -0.25) is 9.78 Å². The fraction of sp³-hybridized carbons (Fsp3) is 0.455. The molecule has 0 aromatic carbocycles. The third-order valence-electron chi connectivity index (χ3n) is 2.03. The van der Waals surface area contributed by atoms with Crippen molar-refractivity contribution in [1.29, 1.82) is 0 Å². The number of carbonyl (C=O) groups is 1. The van der Waals surface area contributed by atoms with Crippen LogP contribution in [0.2, 0.25) is 0 Å². The Morgan fingerprint density at radius 2 is 2.44 bits per heavy atom. The number of thioether (sulfide) groups is 1. The zero-order valence-electron chi connectivity index (χ0n) is 9.26. The van der Waals surface area contributed by atoms with Crippen LogP contribution in [0.3, 0.4) is 0 Å². The molecule has 0 radical (unpaired) electrons. The van der Waals surface area contributed by atoms with Crippen molar-refractivity contribution in [1.82, 2.24) is 4.98 Å². The molecule has 1 aromatic heterocycles. The number of hydrogen-bond donors (Lipinski definition) is 1. The highest BCUT2D eigenvalue weighted by Crippen LogP contribution is 2.06. The second-order valence-electron chi connectivity index (χ2n) is 3.28. The molecule has 0 aliphatic heterocycles. The summed E-state index contributed by atoms with van der Waals surface area (Å²) in [6.07, 6.45) is 2.67. The molecule has 1 rings (SSSR count). The predicted molar refractivity (Wildman–Crippen MR) is 65.3 cm³/mol. The van der Waals surface area contributed by atoms with Crippen LogP contribution in [0.4, 0.5) is 0 Å². The molecule has 1 aromatic rings. The number of ether oxygens (including phenoxy) is 1. The Balaban J connectivity index is 2.15. The van der Waals surface area contributed by atoms with Gasteiger partial charge in [0.2, 0.25) is 0 Å². The lowest BCUT2D eigenvalue weighted by atomic mass is 10.3. The number of nitrogens with two attached hydrogens (primary N) is 1. The molecule has 0 saturated carbocycles. The molecule has 2 N–H and O–H groups in total. The van der Waals surface area contributed by atoms with E-state index in [1.54, 1.807) is 18.0 Å². The maximum Gasteiger partial charge on any atom is 0.323 e. The van der Waals surface area contributed by atoms with E-state index < -0.39 is 6.04 Å². The van der Waals surface area contributed by atoms with Gasteiger partial charge >= 0.3 is 5.97 Å². The van der Waals surface area contributed by atoms with Gasteiger partial charge in [-0.2, -0.15) is 11.8 Å². The highest BCUT2D eigenvalue weighted by molar-refractivity contribution is 7.99. The quantitative estimate of drug-likeness (QED) is 0.590. The molecule has 0 amide bonds. The van der Waals surface area contributed by atoms with E-state index in [9.17, 15) is 4.79 Å². The molecule has 0 bridgehead atoms. The number of nitrogens with zero attached hydrogens (tertiary/aromatic N) is 1. The minimum Gasteiger partial charge on any atom is -0.468 e. The third kappa shape index (κ3) is 4.63. The van der Waals surface area contributed by atoms with Crippen molar-refractivity contribution in [2.45, 2.75) is 12.5 Å². The van der Waals surface area contributed by atoms with Crippen molar-refractivity contribution < 1.29 is 9.53 Å². The Hall–Kier alpha value is -1.07. The average molecular weight is 240 g/mol. The first-order valence-corrected chi connectivity index (χ1v) is 6.20. The summed E-state index contributed by atoms with van der Waals surface area (Å²) in [4.78, 5) is 15.2. The molecule has 0 aliphatic carbocycles. The van der Waals surface area contributed by atoms with Gasteiger partial charge in [0.05, 0.1) is 7.11 Å². The fourth-order valence-corrected chi connectivity index (χ4v) is 2.06. The first kappa shape index (κ1) is 13.0. The van der Waals surface area contributed by atoms with Crippen molar-refractivity contribution in [3.63, 3.8) is 0 Å². The number of carbonyl (C=O) groups excluding carboxylic acids is 1. The molecule has 1 unspecified atom stereocenters. The van der Waals surface area contributed by atoms with Crippen LogP contribution in [0.1, 0.15) is 5.69 Å². The molecule has 0 spiro atoms. The molecule has 88 valence electrons. The van der Waals surface area contributed by atoms with Gasteiger partial charge in [-0.1, -0.05) is 6.07 Å². The van der Waals surface area contributed by atoms with Gasteiger partial charge in [-0.25, -0.2) is 0 Å². The van der Waals surface area contributed by atoms with E-state index in [0.29, 0.717) is 5.75 Å². The molecule has 5 heteroatoms. The Labute approximate surface area is 99.6 Å². The van der Waals surface area contributed by atoms with E-state index in [1.165, 1.54) is 7.11 Å². The van der Waals surface area contributed by atoms with Crippen LogP contribution in [-0.2, 0) is 16.0 Å². The number of methoxy groups -OCH3 is 1. The SMILES string of the molecule is COC(=O)C(N)CSCCc1ccccn1. The van der Waals surface area contributed by atoms with Crippen LogP contribution in [-0.4, -0.2) is 35.6 Å². The van der Waals surface area contributed by atoms with Gasteiger partial charge < -0.3 is 10.5 Å². The molecule has 16 heavy (non-hydrogen) atoms. The van der Waals surface area contributed by atoms with Crippen LogP contribution in [0.5, 0.6) is 0 Å². The van der Waals surface area contributed by atoms with E-state index in [-0.39, 0.29) is 5.97 Å². The zero-order chi connectivity index (χ0) is 11.8. The zero-order valence-corrected chi connectivity index (χ0v) is 10.1. The average Bonchev–Trinajstić information content (AvgIpc) is 2.34. The molecule has 0 saturated heterocycles. The molecule has 0 fully saturated rings. The summed E-state index contributed by atoms with van der Waals surface area (Å²) in [5.74, 6) is 1.13. The van der Waals surface area contributed by atoms with Gasteiger partial charge in [0, 0.05) is 17.6 Å². The van der Waals surface area contributed by atoms with Crippen LogP contribution < -0.4 is 5.73 Å². The van der Waals surface area contributed by atoms with E-state index in [2.05, 4.69) is 9.72 Å². The van der Waals surface area contributed by atoms with Gasteiger partial charge in [-0.05, 0) is 24.3 Å². The monoisotopic (exact) mass is 240 g/mol. The van der Waals surface area contributed by atoms with E-state index in [0.717, 1.165) is 17.9 Å². The first-order chi connectivity index (χ1) is 7.74. The normalized spacial score (nSPS) is 12.1. The van der Waals surface area contributed by atoms with Crippen molar-refractivity contribution >= 4 is 17.7 Å². The third-order valence-corrected chi connectivity index (χ3v) is 3.12. The van der Waals surface area contributed by atoms with Crippen molar-refractivity contribution in [3.05, 3.63) is 30.1 Å². The molecule has 1 heterocycles. The minimum atomic E-state index is -0.529. The number of esters is 1. The maximum atomic E-state index is 11.0. The highest BCUT2D eigenvalue weighted by Gasteiger charge is 2.12. The smallest absolute Gasteiger partial charge is 0.323 e. The predicted octanol–water partition coefficient (Wildman–Crippen LogP) is 0.858. The summed E-state index contributed by atoms with van der Waals surface area (Å²) >= 11 is 1.63. The summed E-state index contributed by atoms with van der Waals surface area (Å²) in [7, 11) is 1.35. The summed E-state index contributed by atoms with van der Waals surface area (Å²) in [6, 6.07) is 5.32. The first-order valence-electron chi connectivity index (χ1n) is 5.05. The largest absolute Gasteiger partial charge is 0.468 e. The minimum absolute atomic E-state index is 0.356. The second kappa shape index (κ2) is 7.24. The maximum absolute atomic E-state index is 11.0. The molecular formula is C11H16N2O2S. The summed E-state index contributed by atoms with van der Waals surface area (Å²) < 4.78 is 4.54. The van der Waals surface area contributed by atoms with Crippen molar-refractivity contribution in [3.8, 4) is 0 Å². The number of aromatic nitrogens is 1.